The molecule has 5 nitrogen and oxygen atoms in total. The van der Waals surface area contributed by atoms with E-state index in [0.29, 0.717) is 11.4 Å². The minimum atomic E-state index is -2.10. The van der Waals surface area contributed by atoms with Crippen molar-refractivity contribution in [2.45, 2.75) is 5.75 Å². The van der Waals surface area contributed by atoms with E-state index < -0.39 is 11.1 Å². The van der Waals surface area contributed by atoms with Gasteiger partial charge in [-0.3, -0.25) is 4.21 Å². The molecule has 3 aromatic rings. The lowest BCUT2D eigenvalue weighted by molar-refractivity contribution is 0.536. The summed E-state index contributed by atoms with van der Waals surface area (Å²) in [6, 6.07) is 18.4. The number of benzene rings is 2. The second-order valence-corrected chi connectivity index (χ2v) is 6.39. The fourth-order valence-corrected chi connectivity index (χ4v) is 2.98. The largest absolute Gasteiger partial charge is 0.772 e. The number of hydrogen-bond donors (Lipinski definition) is 1. The van der Waals surface area contributed by atoms with Gasteiger partial charge in [0.2, 0.25) is 0 Å². The van der Waals surface area contributed by atoms with Gasteiger partial charge in [-0.05, 0) is 34.9 Å². The molecule has 0 aliphatic carbocycles. The molecule has 0 spiro atoms. The number of nitrogen functional groups attached to an aromatic ring is 1. The standard InChI is InChI=1S/C19H15N3O2S/c20-10-13-1-7-16(8-2-13)18-9-17(11-22-19(18)21)15-5-3-14(4-6-15)12-25(23)24/h1-9,11H,12H2,(H2,21,22)(H,23,24)/p-1. The molecule has 25 heavy (non-hydrogen) atoms. The smallest absolute Gasteiger partial charge is 0.131 e. The van der Waals surface area contributed by atoms with Gasteiger partial charge in [-0.1, -0.05) is 47.5 Å². The first-order chi connectivity index (χ1) is 12.1. The summed E-state index contributed by atoms with van der Waals surface area (Å²) in [7, 11) is 0. The average molecular weight is 348 g/mol. The monoisotopic (exact) mass is 348 g/mol. The van der Waals surface area contributed by atoms with Crippen molar-refractivity contribution in [3.63, 3.8) is 0 Å². The molecule has 2 aromatic carbocycles. The maximum Gasteiger partial charge on any atom is 0.131 e. The maximum atomic E-state index is 10.8. The van der Waals surface area contributed by atoms with E-state index in [4.69, 9.17) is 11.0 Å². The minimum Gasteiger partial charge on any atom is -0.772 e. The molecule has 2 N–H and O–H groups in total. The highest BCUT2D eigenvalue weighted by Gasteiger charge is 2.07. The van der Waals surface area contributed by atoms with Gasteiger partial charge in [0.25, 0.3) is 0 Å². The summed E-state index contributed by atoms with van der Waals surface area (Å²) in [4.78, 5) is 4.26. The molecule has 1 atom stereocenters. The van der Waals surface area contributed by atoms with E-state index in [2.05, 4.69) is 11.1 Å². The lowest BCUT2D eigenvalue weighted by Crippen LogP contribution is -1.96. The van der Waals surface area contributed by atoms with Crippen LogP contribution < -0.4 is 5.73 Å². The lowest BCUT2D eigenvalue weighted by Gasteiger charge is -2.10. The van der Waals surface area contributed by atoms with Crippen LogP contribution in [0.15, 0.2) is 60.8 Å². The number of rotatable bonds is 4. The van der Waals surface area contributed by atoms with Crippen molar-refractivity contribution in [3.05, 3.63) is 71.9 Å². The van der Waals surface area contributed by atoms with E-state index in [1.165, 1.54) is 0 Å². The molecule has 124 valence electrons. The second-order valence-electron chi connectivity index (χ2n) is 5.49. The van der Waals surface area contributed by atoms with E-state index in [1.807, 2.05) is 30.3 Å². The number of nitrogens with two attached hydrogens (primary N) is 1. The van der Waals surface area contributed by atoms with Crippen LogP contribution in [0, 0.1) is 11.3 Å². The Morgan fingerprint density at radius 1 is 1.04 bits per heavy atom. The fourth-order valence-electron chi connectivity index (χ4n) is 2.52. The highest BCUT2D eigenvalue weighted by Crippen LogP contribution is 2.30. The van der Waals surface area contributed by atoms with Gasteiger partial charge in [0, 0.05) is 23.1 Å². The van der Waals surface area contributed by atoms with E-state index in [1.54, 1.807) is 30.5 Å². The molecule has 0 radical (unpaired) electrons. The Balaban J connectivity index is 1.95. The summed E-state index contributed by atoms with van der Waals surface area (Å²) in [5.74, 6) is 0.406. The van der Waals surface area contributed by atoms with Gasteiger partial charge in [0.15, 0.2) is 0 Å². The molecule has 1 unspecified atom stereocenters. The molecule has 0 bridgehead atoms. The quantitative estimate of drug-likeness (QED) is 0.729. The number of anilines is 1. The Labute approximate surface area is 148 Å². The zero-order valence-electron chi connectivity index (χ0n) is 13.2. The third-order valence-electron chi connectivity index (χ3n) is 3.82. The van der Waals surface area contributed by atoms with Crippen LogP contribution in [0.2, 0.25) is 0 Å². The fraction of sp³-hybridized carbons (Fsp3) is 0.0526. The summed E-state index contributed by atoms with van der Waals surface area (Å²) in [6.07, 6.45) is 1.68. The Hall–Kier alpha value is -3.01. The molecule has 3 rings (SSSR count). The van der Waals surface area contributed by atoms with Crippen LogP contribution in [0.3, 0.4) is 0 Å². The van der Waals surface area contributed by atoms with Crippen molar-refractivity contribution in [2.75, 3.05) is 5.73 Å². The first-order valence-corrected chi connectivity index (χ1v) is 8.72. The van der Waals surface area contributed by atoms with Crippen molar-refractivity contribution in [3.8, 4) is 28.3 Å². The predicted octanol–water partition coefficient (Wildman–Crippen LogP) is 3.25. The number of pyridine rings is 1. The van der Waals surface area contributed by atoms with Crippen LogP contribution in [0.5, 0.6) is 0 Å². The van der Waals surface area contributed by atoms with Crippen LogP contribution in [0.4, 0.5) is 5.82 Å². The van der Waals surface area contributed by atoms with E-state index in [9.17, 15) is 8.76 Å². The van der Waals surface area contributed by atoms with E-state index >= 15 is 0 Å². The Kier molecular flexibility index (Phi) is 4.89. The predicted molar refractivity (Wildman–Crippen MR) is 96.9 cm³/mol. The molecule has 0 aliphatic heterocycles. The van der Waals surface area contributed by atoms with Gasteiger partial charge >= 0.3 is 0 Å². The normalized spacial score (nSPS) is 11.7. The summed E-state index contributed by atoms with van der Waals surface area (Å²) >= 11 is -2.10. The topological polar surface area (TPSA) is 103 Å². The Bertz CT molecular complexity index is 961. The zero-order chi connectivity index (χ0) is 17.8. The Morgan fingerprint density at radius 2 is 1.68 bits per heavy atom. The molecule has 1 aromatic heterocycles. The highest BCUT2D eigenvalue weighted by atomic mass is 32.2. The van der Waals surface area contributed by atoms with Gasteiger partial charge in [0.1, 0.15) is 5.82 Å². The van der Waals surface area contributed by atoms with E-state index in [0.717, 1.165) is 27.8 Å². The van der Waals surface area contributed by atoms with Gasteiger partial charge in [-0.2, -0.15) is 5.26 Å². The third-order valence-corrected chi connectivity index (χ3v) is 4.38. The number of nitrogens with zero attached hydrogens (tertiary/aromatic N) is 2. The maximum absolute atomic E-state index is 10.8. The molecule has 1 heterocycles. The van der Waals surface area contributed by atoms with Gasteiger partial charge in [0.05, 0.1) is 11.6 Å². The van der Waals surface area contributed by atoms with Gasteiger partial charge in [-0.25, -0.2) is 4.98 Å². The average Bonchev–Trinajstić information content (AvgIpc) is 2.62. The SMILES string of the molecule is N#Cc1ccc(-c2cc(-c3ccc(CS(=O)[O-])cc3)cnc2N)cc1. The first kappa shape index (κ1) is 16.8. The van der Waals surface area contributed by atoms with Gasteiger partial charge < -0.3 is 10.3 Å². The zero-order valence-corrected chi connectivity index (χ0v) is 14.0. The molecule has 0 saturated heterocycles. The van der Waals surface area contributed by atoms with Crippen molar-refractivity contribution >= 4 is 16.9 Å². The van der Waals surface area contributed by atoms with E-state index in [-0.39, 0.29) is 5.75 Å². The van der Waals surface area contributed by atoms with Crippen LogP contribution in [0.1, 0.15) is 11.1 Å². The highest BCUT2D eigenvalue weighted by molar-refractivity contribution is 7.78. The molecule has 0 amide bonds. The summed E-state index contributed by atoms with van der Waals surface area (Å²) in [5, 5.41) is 8.90. The molecular formula is C19H14N3O2S-. The van der Waals surface area contributed by atoms with Crippen molar-refractivity contribution in [2.24, 2.45) is 0 Å². The first-order valence-electron chi connectivity index (χ1n) is 7.48. The third kappa shape index (κ3) is 3.91. The van der Waals surface area contributed by atoms with Crippen LogP contribution in [0.25, 0.3) is 22.3 Å². The van der Waals surface area contributed by atoms with Crippen LogP contribution in [-0.2, 0) is 16.8 Å². The summed E-state index contributed by atoms with van der Waals surface area (Å²) in [6.45, 7) is 0. The summed E-state index contributed by atoms with van der Waals surface area (Å²) in [5.41, 5.74) is 10.8. The molecular weight excluding hydrogens is 334 g/mol. The number of hydrogen-bond acceptors (Lipinski definition) is 5. The number of nitriles is 1. The lowest BCUT2D eigenvalue weighted by atomic mass is 10.00. The molecule has 6 heteroatoms. The minimum absolute atomic E-state index is 0.00322. The molecule has 0 saturated carbocycles. The molecule has 0 fully saturated rings. The second kappa shape index (κ2) is 7.26. The van der Waals surface area contributed by atoms with Crippen molar-refractivity contribution in [1.29, 1.82) is 5.26 Å². The Morgan fingerprint density at radius 3 is 2.28 bits per heavy atom. The van der Waals surface area contributed by atoms with Crippen molar-refractivity contribution < 1.29 is 8.76 Å². The molecule has 0 aliphatic rings. The van der Waals surface area contributed by atoms with Crippen molar-refractivity contribution in [1.82, 2.24) is 4.98 Å². The number of aromatic nitrogens is 1. The van der Waals surface area contributed by atoms with Crippen LogP contribution >= 0.6 is 0 Å². The van der Waals surface area contributed by atoms with Gasteiger partial charge in [-0.15, -0.1) is 0 Å². The summed E-state index contributed by atoms with van der Waals surface area (Å²) < 4.78 is 21.5. The van der Waals surface area contributed by atoms with Crippen LogP contribution in [-0.4, -0.2) is 13.7 Å².